The van der Waals surface area contributed by atoms with Crippen molar-refractivity contribution in [2.24, 2.45) is 7.05 Å². The molecule has 2 heterocycles. The first-order valence-corrected chi connectivity index (χ1v) is 12.2. The molecular weight excluding hydrogens is 465 g/mol. The second kappa shape index (κ2) is 9.89. The highest BCUT2D eigenvalue weighted by Crippen LogP contribution is 2.32. The summed E-state index contributed by atoms with van der Waals surface area (Å²) in [5, 5.41) is 10.0. The van der Waals surface area contributed by atoms with Gasteiger partial charge in [0.2, 0.25) is 0 Å². The van der Waals surface area contributed by atoms with E-state index >= 15 is 4.39 Å². The van der Waals surface area contributed by atoms with E-state index in [0.29, 0.717) is 23.0 Å². The van der Waals surface area contributed by atoms with Crippen molar-refractivity contribution in [1.29, 1.82) is 0 Å². The number of hydrogen-bond donors (Lipinski definition) is 2. The minimum Gasteiger partial charge on any atom is -0.383 e. The van der Waals surface area contributed by atoms with E-state index in [1.165, 1.54) is 6.07 Å². The van der Waals surface area contributed by atoms with Crippen LogP contribution in [0, 0.1) is 5.82 Å². The molecule has 0 amide bonds. The van der Waals surface area contributed by atoms with Crippen molar-refractivity contribution in [2.45, 2.75) is 19.4 Å². The summed E-state index contributed by atoms with van der Waals surface area (Å²) in [6.07, 6.45) is 2.48. The van der Waals surface area contributed by atoms with E-state index in [1.807, 2.05) is 86.7 Å². The number of benzene rings is 3. The predicted octanol–water partition coefficient (Wildman–Crippen LogP) is 5.58. The number of hydrogen-bond acceptors (Lipinski definition) is 6. The quantitative estimate of drug-likeness (QED) is 0.307. The smallest absolute Gasteiger partial charge is 0.181 e. The Morgan fingerprint density at radius 3 is 2.54 bits per heavy atom. The lowest BCUT2D eigenvalue weighted by Gasteiger charge is -2.21. The zero-order valence-electron chi connectivity index (χ0n) is 21.4. The molecule has 0 bridgehead atoms. The molecule has 0 aliphatic rings. The van der Waals surface area contributed by atoms with Crippen LogP contribution >= 0.6 is 0 Å². The fraction of sp³-hybridized carbons (Fsp3) is 0.207. The van der Waals surface area contributed by atoms with Crippen molar-refractivity contribution >= 4 is 28.0 Å². The van der Waals surface area contributed by atoms with Crippen LogP contribution in [0.5, 0.6) is 0 Å². The second-order valence-corrected chi connectivity index (χ2v) is 9.28. The zero-order valence-corrected chi connectivity index (χ0v) is 21.4. The van der Waals surface area contributed by atoms with Gasteiger partial charge in [0, 0.05) is 55.2 Å². The van der Waals surface area contributed by atoms with E-state index in [4.69, 9.17) is 10.7 Å². The number of halogens is 1. The number of anilines is 3. The Morgan fingerprint density at radius 1 is 1.03 bits per heavy atom. The molecule has 188 valence electrons. The summed E-state index contributed by atoms with van der Waals surface area (Å²) in [4.78, 5) is 11.1. The maximum Gasteiger partial charge on any atom is 0.181 e. The SMILES string of the molecule is CCc1ccc(F)c(C(Nc2ccc3c(N)nccc3c2)c2nc(-c3ccc(N(C)C)cc3)nn2C)c1. The second-order valence-electron chi connectivity index (χ2n) is 9.28. The number of fused-ring (bicyclic) bond motifs is 1. The molecule has 0 aliphatic carbocycles. The molecule has 1 atom stereocenters. The topological polar surface area (TPSA) is 84.9 Å². The molecule has 0 aliphatic heterocycles. The summed E-state index contributed by atoms with van der Waals surface area (Å²) < 4.78 is 17.0. The number of rotatable bonds is 7. The van der Waals surface area contributed by atoms with Gasteiger partial charge in [0.15, 0.2) is 11.6 Å². The van der Waals surface area contributed by atoms with Crippen molar-refractivity contribution in [1.82, 2.24) is 19.7 Å². The van der Waals surface area contributed by atoms with Gasteiger partial charge in [-0.2, -0.15) is 5.10 Å². The molecular formula is C29H30FN7. The Morgan fingerprint density at radius 2 is 1.81 bits per heavy atom. The standard InChI is InChI=1S/C29H30FN7/c1-5-18-6-13-25(30)24(16-18)26(33-21-9-12-23-20(17-21)14-15-32-27(23)31)29-34-28(35-37(29)4)19-7-10-22(11-8-19)36(2)3/h6-17,26,33H,5H2,1-4H3,(H2,31,32). The van der Waals surface area contributed by atoms with E-state index in [2.05, 4.69) is 22.3 Å². The Kier molecular flexibility index (Phi) is 6.48. The molecule has 5 rings (SSSR count). The van der Waals surface area contributed by atoms with Crippen LogP contribution in [-0.2, 0) is 13.5 Å². The molecule has 0 fully saturated rings. The monoisotopic (exact) mass is 495 g/mol. The van der Waals surface area contributed by atoms with Gasteiger partial charge in [-0.15, -0.1) is 0 Å². The summed E-state index contributed by atoms with van der Waals surface area (Å²) in [5.74, 6) is 1.36. The maximum atomic E-state index is 15.3. The first-order valence-electron chi connectivity index (χ1n) is 12.2. The first kappa shape index (κ1) is 24.2. The molecule has 2 aromatic heterocycles. The van der Waals surface area contributed by atoms with Crippen LogP contribution < -0.4 is 16.0 Å². The third-order valence-electron chi connectivity index (χ3n) is 6.58. The Bertz CT molecular complexity index is 1560. The summed E-state index contributed by atoms with van der Waals surface area (Å²) >= 11 is 0. The lowest BCUT2D eigenvalue weighted by atomic mass is 10.0. The largest absolute Gasteiger partial charge is 0.383 e. The minimum atomic E-state index is -0.574. The number of aromatic nitrogens is 4. The average Bonchev–Trinajstić information content (AvgIpc) is 3.29. The fourth-order valence-electron chi connectivity index (χ4n) is 4.45. The van der Waals surface area contributed by atoms with Crippen molar-refractivity contribution in [2.75, 3.05) is 30.0 Å². The highest BCUT2D eigenvalue weighted by atomic mass is 19.1. The van der Waals surface area contributed by atoms with Gasteiger partial charge in [-0.25, -0.2) is 14.4 Å². The molecule has 8 heteroatoms. The van der Waals surface area contributed by atoms with Gasteiger partial charge in [-0.05, 0) is 72.0 Å². The number of nitrogen functional groups attached to an aromatic ring is 1. The van der Waals surface area contributed by atoms with E-state index in [1.54, 1.807) is 10.9 Å². The number of nitrogens with two attached hydrogens (primary N) is 1. The van der Waals surface area contributed by atoms with Gasteiger partial charge >= 0.3 is 0 Å². The van der Waals surface area contributed by atoms with Crippen molar-refractivity contribution in [3.63, 3.8) is 0 Å². The van der Waals surface area contributed by atoms with Gasteiger partial charge in [-0.3, -0.25) is 4.68 Å². The van der Waals surface area contributed by atoms with E-state index in [9.17, 15) is 0 Å². The highest BCUT2D eigenvalue weighted by molar-refractivity contribution is 5.92. The molecule has 0 radical (unpaired) electrons. The summed E-state index contributed by atoms with van der Waals surface area (Å²) in [6, 6.07) is 20.4. The fourth-order valence-corrected chi connectivity index (χ4v) is 4.45. The van der Waals surface area contributed by atoms with E-state index in [-0.39, 0.29) is 5.82 Å². The Labute approximate surface area is 215 Å². The van der Waals surface area contributed by atoms with Crippen LogP contribution in [0.3, 0.4) is 0 Å². The van der Waals surface area contributed by atoms with Gasteiger partial charge in [0.1, 0.15) is 17.7 Å². The zero-order chi connectivity index (χ0) is 26.1. The predicted molar refractivity (Wildman–Crippen MR) is 148 cm³/mol. The normalized spacial score (nSPS) is 12.0. The lowest BCUT2D eigenvalue weighted by Crippen LogP contribution is -2.19. The summed E-state index contributed by atoms with van der Waals surface area (Å²) in [5.41, 5.74) is 10.4. The van der Waals surface area contributed by atoms with Crippen LogP contribution in [0.15, 0.2) is 72.9 Å². The maximum absolute atomic E-state index is 15.3. The first-order chi connectivity index (χ1) is 17.8. The van der Waals surface area contributed by atoms with Crippen LogP contribution in [0.4, 0.5) is 21.6 Å². The summed E-state index contributed by atoms with van der Waals surface area (Å²) in [7, 11) is 5.83. The van der Waals surface area contributed by atoms with Crippen LogP contribution in [-0.4, -0.2) is 33.8 Å². The van der Waals surface area contributed by atoms with Gasteiger partial charge in [-0.1, -0.05) is 19.1 Å². The number of nitrogens with zero attached hydrogens (tertiary/aromatic N) is 5. The van der Waals surface area contributed by atoms with Crippen LogP contribution in [0.1, 0.15) is 29.9 Å². The molecule has 1 unspecified atom stereocenters. The molecule has 5 aromatic rings. The van der Waals surface area contributed by atoms with Crippen LogP contribution in [0.25, 0.3) is 22.2 Å². The van der Waals surface area contributed by atoms with Gasteiger partial charge < -0.3 is 16.0 Å². The highest BCUT2D eigenvalue weighted by Gasteiger charge is 2.25. The van der Waals surface area contributed by atoms with Crippen LogP contribution in [0.2, 0.25) is 0 Å². The summed E-state index contributed by atoms with van der Waals surface area (Å²) in [6.45, 7) is 2.05. The van der Waals surface area contributed by atoms with Gasteiger partial charge in [0.05, 0.1) is 0 Å². The lowest BCUT2D eigenvalue weighted by molar-refractivity contribution is 0.590. The molecule has 3 N–H and O–H groups in total. The van der Waals surface area contributed by atoms with E-state index in [0.717, 1.165) is 39.7 Å². The minimum absolute atomic E-state index is 0.302. The van der Waals surface area contributed by atoms with Crippen molar-refractivity contribution in [3.05, 3.63) is 95.7 Å². The molecule has 37 heavy (non-hydrogen) atoms. The number of nitrogens with one attached hydrogen (secondary N) is 1. The molecule has 0 saturated heterocycles. The Balaban J connectivity index is 1.59. The Hall–Kier alpha value is -4.46. The van der Waals surface area contributed by atoms with Crippen molar-refractivity contribution in [3.8, 4) is 11.4 Å². The molecule has 7 nitrogen and oxygen atoms in total. The third-order valence-corrected chi connectivity index (χ3v) is 6.58. The van der Waals surface area contributed by atoms with Crippen molar-refractivity contribution < 1.29 is 4.39 Å². The van der Waals surface area contributed by atoms with E-state index < -0.39 is 6.04 Å². The third kappa shape index (κ3) is 4.82. The molecule has 3 aromatic carbocycles. The van der Waals surface area contributed by atoms with Gasteiger partial charge in [0.25, 0.3) is 0 Å². The molecule has 0 spiro atoms. The molecule has 0 saturated carbocycles. The number of aryl methyl sites for hydroxylation is 2. The average molecular weight is 496 g/mol. The number of pyridine rings is 1.